The largest absolute Gasteiger partial charge is 0.480 e. The van der Waals surface area contributed by atoms with Crippen molar-refractivity contribution in [2.24, 2.45) is 5.92 Å². The quantitative estimate of drug-likeness (QED) is 0.823. The van der Waals surface area contributed by atoms with E-state index < -0.39 is 11.5 Å². The monoisotopic (exact) mass is 268 g/mol. The molecule has 110 valence electrons. The minimum Gasteiger partial charge on any atom is -0.480 e. The van der Waals surface area contributed by atoms with Gasteiger partial charge in [-0.05, 0) is 58.4 Å². The number of likely N-dealkylation sites (tertiary alicyclic amines) is 1. The average Bonchev–Trinajstić information content (AvgIpc) is 2.41. The lowest BCUT2D eigenvalue weighted by Crippen LogP contribution is -2.59. The second-order valence-electron chi connectivity index (χ2n) is 6.62. The van der Waals surface area contributed by atoms with Gasteiger partial charge in [-0.2, -0.15) is 0 Å². The molecule has 2 N–H and O–H groups in total. The van der Waals surface area contributed by atoms with Gasteiger partial charge in [-0.15, -0.1) is 0 Å². The van der Waals surface area contributed by atoms with E-state index >= 15 is 0 Å². The smallest absolute Gasteiger partial charge is 0.323 e. The number of likely N-dealkylation sites (N-methyl/N-ethyl adjacent to an activating group) is 1. The molecule has 4 nitrogen and oxygen atoms in total. The lowest BCUT2D eigenvalue weighted by atomic mass is 9.77. The molecule has 0 bridgehead atoms. The second kappa shape index (κ2) is 5.80. The molecule has 2 fully saturated rings. The zero-order chi connectivity index (χ0) is 14.0. The highest BCUT2D eigenvalue weighted by atomic mass is 16.4. The van der Waals surface area contributed by atoms with Crippen molar-refractivity contribution in [2.75, 3.05) is 13.6 Å². The third-order valence-electron chi connectivity index (χ3n) is 5.25. The first-order valence-electron chi connectivity index (χ1n) is 7.66. The van der Waals surface area contributed by atoms with Crippen molar-refractivity contribution < 1.29 is 9.90 Å². The van der Waals surface area contributed by atoms with Crippen molar-refractivity contribution in [2.45, 2.75) is 70.0 Å². The van der Waals surface area contributed by atoms with Gasteiger partial charge in [0.15, 0.2) is 0 Å². The van der Waals surface area contributed by atoms with Gasteiger partial charge >= 0.3 is 5.97 Å². The Hall–Kier alpha value is -0.610. The molecule has 4 unspecified atom stereocenters. The molecule has 0 aromatic heterocycles. The van der Waals surface area contributed by atoms with Gasteiger partial charge in [0.2, 0.25) is 0 Å². The van der Waals surface area contributed by atoms with Gasteiger partial charge in [0.25, 0.3) is 0 Å². The topological polar surface area (TPSA) is 52.6 Å². The molecule has 1 aliphatic carbocycles. The Morgan fingerprint density at radius 2 is 2.05 bits per heavy atom. The number of carboxylic acid groups (broad SMARTS) is 1. The predicted octanol–water partition coefficient (Wildman–Crippen LogP) is 2.09. The third kappa shape index (κ3) is 2.95. The summed E-state index contributed by atoms with van der Waals surface area (Å²) in [6.45, 7) is 5.73. The highest BCUT2D eigenvalue weighted by Gasteiger charge is 2.44. The van der Waals surface area contributed by atoms with Crippen LogP contribution in [-0.2, 0) is 4.79 Å². The molecule has 0 radical (unpaired) electrons. The zero-order valence-corrected chi connectivity index (χ0v) is 12.5. The van der Waals surface area contributed by atoms with Crippen LogP contribution in [0.3, 0.4) is 0 Å². The van der Waals surface area contributed by atoms with E-state index in [2.05, 4.69) is 24.1 Å². The standard InChI is InChI=1S/C15H28N2O2/c1-11-6-7-12(2)17(10-11)13-5-4-8-15(9-13,16-3)14(18)19/h11-13,16H,4-10H2,1-3H3,(H,18,19). The highest BCUT2D eigenvalue weighted by Crippen LogP contribution is 2.35. The third-order valence-corrected chi connectivity index (χ3v) is 5.25. The molecule has 19 heavy (non-hydrogen) atoms. The van der Waals surface area contributed by atoms with Crippen molar-refractivity contribution in [1.29, 1.82) is 0 Å². The molecule has 4 atom stereocenters. The van der Waals surface area contributed by atoms with Gasteiger partial charge in [0, 0.05) is 18.6 Å². The molecule has 2 rings (SSSR count). The SMILES string of the molecule is CNC1(C(=O)O)CCCC(N2CC(C)CCC2C)C1. The van der Waals surface area contributed by atoms with Gasteiger partial charge in [-0.3, -0.25) is 9.69 Å². The minimum absolute atomic E-state index is 0.426. The molecule has 1 saturated heterocycles. The Labute approximate surface area is 116 Å². The summed E-state index contributed by atoms with van der Waals surface area (Å²) in [5.41, 5.74) is -0.705. The maximum atomic E-state index is 11.6. The molecule has 1 heterocycles. The van der Waals surface area contributed by atoms with Crippen LogP contribution < -0.4 is 5.32 Å². The number of nitrogens with one attached hydrogen (secondary N) is 1. The summed E-state index contributed by atoms with van der Waals surface area (Å²) in [5.74, 6) is 0.0596. The Kier molecular flexibility index (Phi) is 4.51. The summed E-state index contributed by atoms with van der Waals surface area (Å²) in [7, 11) is 1.79. The van der Waals surface area contributed by atoms with Crippen LogP contribution in [0.2, 0.25) is 0 Å². The van der Waals surface area contributed by atoms with Crippen molar-refractivity contribution in [1.82, 2.24) is 10.2 Å². The van der Waals surface area contributed by atoms with E-state index in [9.17, 15) is 9.90 Å². The molecule has 1 aliphatic heterocycles. The van der Waals surface area contributed by atoms with Crippen molar-refractivity contribution in [3.8, 4) is 0 Å². The van der Waals surface area contributed by atoms with E-state index in [1.54, 1.807) is 7.05 Å². The number of hydrogen-bond acceptors (Lipinski definition) is 3. The molecule has 0 amide bonds. The van der Waals surface area contributed by atoms with Crippen LogP contribution in [-0.4, -0.2) is 47.2 Å². The minimum atomic E-state index is -0.705. The molecular weight excluding hydrogens is 240 g/mol. The molecule has 4 heteroatoms. The molecule has 0 aromatic carbocycles. The number of aliphatic carboxylic acids is 1. The number of carbonyl (C=O) groups is 1. The molecule has 1 saturated carbocycles. The van der Waals surface area contributed by atoms with Crippen LogP contribution in [0.1, 0.15) is 52.4 Å². The fraction of sp³-hybridized carbons (Fsp3) is 0.933. The first-order chi connectivity index (χ1) is 8.98. The van der Waals surface area contributed by atoms with Crippen molar-refractivity contribution in [3.05, 3.63) is 0 Å². The van der Waals surface area contributed by atoms with Crippen LogP contribution in [0.5, 0.6) is 0 Å². The number of piperidine rings is 1. The summed E-state index contributed by atoms with van der Waals surface area (Å²) >= 11 is 0. The van der Waals surface area contributed by atoms with Gasteiger partial charge in [0.05, 0.1) is 0 Å². The van der Waals surface area contributed by atoms with E-state index in [4.69, 9.17) is 0 Å². The van der Waals surface area contributed by atoms with Crippen molar-refractivity contribution >= 4 is 5.97 Å². The maximum absolute atomic E-state index is 11.6. The van der Waals surface area contributed by atoms with E-state index in [0.717, 1.165) is 38.1 Å². The number of rotatable bonds is 3. The van der Waals surface area contributed by atoms with E-state index in [1.165, 1.54) is 12.8 Å². The van der Waals surface area contributed by atoms with Gasteiger partial charge in [0.1, 0.15) is 5.54 Å². The fourth-order valence-electron chi connectivity index (χ4n) is 3.89. The van der Waals surface area contributed by atoms with E-state index in [1.807, 2.05) is 0 Å². The Bertz CT molecular complexity index is 334. The number of hydrogen-bond donors (Lipinski definition) is 2. The Morgan fingerprint density at radius 1 is 1.32 bits per heavy atom. The fourth-order valence-corrected chi connectivity index (χ4v) is 3.89. The normalized spacial score (nSPS) is 41.1. The van der Waals surface area contributed by atoms with Gasteiger partial charge in [-0.1, -0.05) is 6.92 Å². The van der Waals surface area contributed by atoms with Gasteiger partial charge < -0.3 is 10.4 Å². The van der Waals surface area contributed by atoms with Crippen LogP contribution in [0.4, 0.5) is 0 Å². The van der Waals surface area contributed by atoms with E-state index in [0.29, 0.717) is 12.1 Å². The highest BCUT2D eigenvalue weighted by molar-refractivity contribution is 5.79. The summed E-state index contributed by atoms with van der Waals surface area (Å²) in [6, 6.07) is 1.03. The molecule has 0 aromatic rings. The van der Waals surface area contributed by atoms with Gasteiger partial charge in [-0.25, -0.2) is 0 Å². The van der Waals surface area contributed by atoms with Crippen LogP contribution in [0.15, 0.2) is 0 Å². The predicted molar refractivity (Wildman–Crippen MR) is 76.2 cm³/mol. The first-order valence-corrected chi connectivity index (χ1v) is 7.66. The maximum Gasteiger partial charge on any atom is 0.323 e. The lowest BCUT2D eigenvalue weighted by Gasteiger charge is -2.47. The van der Waals surface area contributed by atoms with Crippen molar-refractivity contribution in [3.63, 3.8) is 0 Å². The molecular formula is C15H28N2O2. The zero-order valence-electron chi connectivity index (χ0n) is 12.5. The van der Waals surface area contributed by atoms with Crippen LogP contribution in [0, 0.1) is 5.92 Å². The molecule has 0 spiro atoms. The summed E-state index contributed by atoms with van der Waals surface area (Å²) < 4.78 is 0. The van der Waals surface area contributed by atoms with Crippen LogP contribution in [0.25, 0.3) is 0 Å². The second-order valence-corrected chi connectivity index (χ2v) is 6.62. The summed E-state index contributed by atoms with van der Waals surface area (Å²) in [4.78, 5) is 14.2. The lowest BCUT2D eigenvalue weighted by molar-refractivity contribution is -0.147. The number of carboxylic acids is 1. The Balaban J connectivity index is 2.09. The van der Waals surface area contributed by atoms with Crippen LogP contribution >= 0.6 is 0 Å². The average molecular weight is 268 g/mol. The first kappa shape index (κ1) is 14.8. The number of nitrogens with zero attached hydrogens (tertiary/aromatic N) is 1. The van der Waals surface area contributed by atoms with E-state index in [-0.39, 0.29) is 0 Å². The summed E-state index contributed by atoms with van der Waals surface area (Å²) in [5, 5.41) is 12.6. The summed E-state index contributed by atoms with van der Waals surface area (Å²) in [6.07, 6.45) is 6.21. The molecule has 2 aliphatic rings. The Morgan fingerprint density at radius 3 is 2.68 bits per heavy atom.